The molecule has 1 saturated carbocycles. The van der Waals surface area contributed by atoms with E-state index >= 15 is 0 Å². The standard InChI is InChI=1S/C29H33N5O2/c30-23-10-12-24(13-11-23)33(14-15-35)29(36)27-16-20-8-9-21(28(31)32)17-26(20)34(27)18-22-6-3-5-19-4-1-2-7-25(19)22/h1-9,16-17,23-24,35H,10-15,18,30H2,(H3,31,32). The van der Waals surface area contributed by atoms with Gasteiger partial charge in [0, 0.05) is 41.6 Å². The number of nitrogens with two attached hydrogens (primary N) is 2. The molecular weight excluding hydrogens is 450 g/mol. The van der Waals surface area contributed by atoms with Gasteiger partial charge in [-0.05, 0) is 54.2 Å². The minimum atomic E-state index is -0.0923. The third kappa shape index (κ3) is 4.59. The number of nitrogens with one attached hydrogen (secondary N) is 1. The summed E-state index contributed by atoms with van der Waals surface area (Å²) < 4.78 is 2.03. The molecule has 36 heavy (non-hydrogen) atoms. The number of amides is 1. The van der Waals surface area contributed by atoms with E-state index in [1.54, 1.807) is 0 Å². The average molecular weight is 484 g/mol. The molecule has 5 rings (SSSR count). The van der Waals surface area contributed by atoms with Crippen LogP contribution in [0.25, 0.3) is 21.7 Å². The number of nitrogens with zero attached hydrogens (tertiary/aromatic N) is 2. The summed E-state index contributed by atoms with van der Waals surface area (Å²) in [5.41, 5.74) is 15.1. The Balaban J connectivity index is 1.62. The summed E-state index contributed by atoms with van der Waals surface area (Å²) in [5.74, 6) is -0.103. The minimum absolute atomic E-state index is 0.0110. The molecule has 6 N–H and O–H groups in total. The smallest absolute Gasteiger partial charge is 0.270 e. The van der Waals surface area contributed by atoms with Crippen LogP contribution in [0.15, 0.2) is 66.7 Å². The summed E-state index contributed by atoms with van der Waals surface area (Å²) in [6, 6.07) is 22.2. The predicted octanol–water partition coefficient (Wildman–Crippen LogP) is 3.83. The Morgan fingerprint density at radius 1 is 1.00 bits per heavy atom. The lowest BCUT2D eigenvalue weighted by atomic mass is 9.90. The van der Waals surface area contributed by atoms with Gasteiger partial charge in [0.05, 0.1) is 6.61 Å². The van der Waals surface area contributed by atoms with Gasteiger partial charge in [-0.3, -0.25) is 10.2 Å². The van der Waals surface area contributed by atoms with Crippen molar-refractivity contribution in [2.45, 2.75) is 44.3 Å². The van der Waals surface area contributed by atoms with Crippen molar-refractivity contribution in [3.63, 3.8) is 0 Å². The van der Waals surface area contributed by atoms with E-state index < -0.39 is 0 Å². The molecule has 1 aliphatic carbocycles. The van der Waals surface area contributed by atoms with Crippen LogP contribution in [0.1, 0.15) is 47.3 Å². The maximum Gasteiger partial charge on any atom is 0.270 e. The van der Waals surface area contributed by atoms with Gasteiger partial charge in [-0.15, -0.1) is 0 Å². The quantitative estimate of drug-likeness (QED) is 0.236. The second-order valence-electron chi connectivity index (χ2n) is 9.73. The lowest BCUT2D eigenvalue weighted by molar-refractivity contribution is 0.0567. The van der Waals surface area contributed by atoms with Crippen LogP contribution in [-0.2, 0) is 6.54 Å². The van der Waals surface area contributed by atoms with Crippen LogP contribution in [0.2, 0.25) is 0 Å². The molecule has 1 amide bonds. The van der Waals surface area contributed by atoms with E-state index in [9.17, 15) is 9.90 Å². The van der Waals surface area contributed by atoms with Crippen molar-refractivity contribution in [3.05, 3.63) is 83.6 Å². The van der Waals surface area contributed by atoms with Crippen molar-refractivity contribution in [3.8, 4) is 0 Å². The highest BCUT2D eigenvalue weighted by Crippen LogP contribution is 2.29. The minimum Gasteiger partial charge on any atom is -0.395 e. The first kappa shape index (κ1) is 24.0. The number of aliphatic hydroxyl groups is 1. The van der Waals surface area contributed by atoms with Crippen LogP contribution in [0.4, 0.5) is 0 Å². The second-order valence-corrected chi connectivity index (χ2v) is 9.73. The van der Waals surface area contributed by atoms with Crippen molar-refractivity contribution in [2.75, 3.05) is 13.2 Å². The topological polar surface area (TPSA) is 121 Å². The fourth-order valence-corrected chi connectivity index (χ4v) is 5.49. The molecule has 0 aliphatic heterocycles. The van der Waals surface area contributed by atoms with E-state index in [1.165, 1.54) is 0 Å². The number of carbonyl (C=O) groups excluding carboxylic acids is 1. The normalized spacial score (nSPS) is 17.9. The van der Waals surface area contributed by atoms with Crippen LogP contribution in [-0.4, -0.2) is 51.6 Å². The molecule has 1 heterocycles. The fraction of sp³-hybridized carbons (Fsp3) is 0.310. The van der Waals surface area contributed by atoms with Gasteiger partial charge < -0.3 is 26.0 Å². The van der Waals surface area contributed by atoms with Crippen LogP contribution in [0.3, 0.4) is 0 Å². The lowest BCUT2D eigenvalue weighted by Gasteiger charge is -2.36. The maximum absolute atomic E-state index is 14.1. The Bertz CT molecular complexity index is 1410. The molecule has 3 aromatic carbocycles. The molecule has 0 bridgehead atoms. The van der Waals surface area contributed by atoms with Crippen molar-refractivity contribution >= 4 is 33.4 Å². The number of hydrogen-bond donors (Lipinski definition) is 4. The lowest BCUT2D eigenvalue weighted by Crippen LogP contribution is -2.46. The molecule has 186 valence electrons. The zero-order valence-corrected chi connectivity index (χ0v) is 20.4. The summed E-state index contributed by atoms with van der Waals surface area (Å²) in [5, 5.41) is 20.9. The van der Waals surface area contributed by atoms with Crippen LogP contribution >= 0.6 is 0 Å². The van der Waals surface area contributed by atoms with E-state index in [-0.39, 0.29) is 37.0 Å². The first-order valence-corrected chi connectivity index (χ1v) is 12.6. The zero-order chi connectivity index (χ0) is 25.2. The average Bonchev–Trinajstić information content (AvgIpc) is 3.25. The number of benzene rings is 3. The van der Waals surface area contributed by atoms with Gasteiger partial charge in [0.15, 0.2) is 0 Å². The van der Waals surface area contributed by atoms with Crippen LogP contribution in [0.5, 0.6) is 0 Å². The van der Waals surface area contributed by atoms with Crippen molar-refractivity contribution in [1.82, 2.24) is 9.47 Å². The predicted molar refractivity (Wildman–Crippen MR) is 144 cm³/mol. The Hall–Kier alpha value is -3.68. The number of carbonyl (C=O) groups is 1. The first-order chi connectivity index (χ1) is 17.5. The number of rotatable bonds is 7. The summed E-state index contributed by atoms with van der Waals surface area (Å²) in [4.78, 5) is 15.9. The SMILES string of the molecule is N=C(N)c1ccc2cc(C(=O)N(CCO)C3CCC(N)CC3)n(Cc3cccc4ccccc34)c2c1. The molecule has 4 aromatic rings. The molecule has 0 atom stereocenters. The Morgan fingerprint density at radius 2 is 1.75 bits per heavy atom. The molecule has 0 unspecified atom stereocenters. The van der Waals surface area contributed by atoms with Crippen LogP contribution < -0.4 is 11.5 Å². The molecule has 1 aromatic heterocycles. The largest absolute Gasteiger partial charge is 0.395 e. The fourth-order valence-electron chi connectivity index (χ4n) is 5.49. The van der Waals surface area contributed by atoms with E-state index in [0.29, 0.717) is 17.8 Å². The van der Waals surface area contributed by atoms with Gasteiger partial charge in [-0.2, -0.15) is 0 Å². The number of amidine groups is 1. The van der Waals surface area contributed by atoms with Crippen molar-refractivity contribution in [2.24, 2.45) is 11.5 Å². The van der Waals surface area contributed by atoms with Gasteiger partial charge in [0.1, 0.15) is 11.5 Å². The van der Waals surface area contributed by atoms with Crippen molar-refractivity contribution in [1.29, 1.82) is 5.41 Å². The molecule has 1 fully saturated rings. The summed E-state index contributed by atoms with van der Waals surface area (Å²) in [7, 11) is 0. The third-order valence-corrected chi connectivity index (χ3v) is 7.43. The number of nitrogen functional groups attached to an aromatic ring is 1. The Labute approximate surface area is 210 Å². The van der Waals surface area contributed by atoms with E-state index in [4.69, 9.17) is 16.9 Å². The Kier molecular flexibility index (Phi) is 6.76. The monoisotopic (exact) mass is 483 g/mol. The molecule has 7 nitrogen and oxygen atoms in total. The van der Waals surface area contributed by atoms with Gasteiger partial charge in [-0.1, -0.05) is 54.6 Å². The van der Waals surface area contributed by atoms with Gasteiger partial charge >= 0.3 is 0 Å². The second kappa shape index (κ2) is 10.1. The highest BCUT2D eigenvalue weighted by atomic mass is 16.3. The number of aromatic nitrogens is 1. The van der Waals surface area contributed by atoms with Crippen LogP contribution in [0, 0.1) is 5.41 Å². The molecule has 0 radical (unpaired) electrons. The molecule has 0 spiro atoms. The summed E-state index contributed by atoms with van der Waals surface area (Å²) >= 11 is 0. The third-order valence-electron chi connectivity index (χ3n) is 7.43. The van der Waals surface area contributed by atoms with E-state index in [1.807, 2.05) is 51.9 Å². The molecule has 1 aliphatic rings. The van der Waals surface area contributed by atoms with Crippen molar-refractivity contribution < 1.29 is 9.90 Å². The van der Waals surface area contributed by atoms with Gasteiger partial charge in [0.25, 0.3) is 5.91 Å². The highest BCUT2D eigenvalue weighted by molar-refractivity contribution is 6.02. The van der Waals surface area contributed by atoms with E-state index in [2.05, 4.69) is 24.3 Å². The zero-order valence-electron chi connectivity index (χ0n) is 20.4. The highest BCUT2D eigenvalue weighted by Gasteiger charge is 2.30. The van der Waals surface area contributed by atoms with Gasteiger partial charge in [0.2, 0.25) is 0 Å². The summed E-state index contributed by atoms with van der Waals surface area (Å²) in [6.07, 6.45) is 3.43. The van der Waals surface area contributed by atoms with Gasteiger partial charge in [-0.25, -0.2) is 0 Å². The molecule has 0 saturated heterocycles. The summed E-state index contributed by atoms with van der Waals surface area (Å²) in [6.45, 7) is 0.690. The number of hydrogen-bond acceptors (Lipinski definition) is 4. The number of fused-ring (bicyclic) bond motifs is 2. The molecule has 7 heteroatoms. The molecular formula is C29H33N5O2. The first-order valence-electron chi connectivity index (χ1n) is 12.6. The number of aliphatic hydroxyl groups excluding tert-OH is 1. The Morgan fingerprint density at radius 3 is 2.50 bits per heavy atom. The van der Waals surface area contributed by atoms with E-state index in [0.717, 1.165) is 52.9 Å². The maximum atomic E-state index is 14.1.